The maximum atomic E-state index is 13.9. The van der Waals surface area contributed by atoms with E-state index in [-0.39, 0.29) is 11.7 Å². The van der Waals surface area contributed by atoms with Crippen molar-refractivity contribution in [3.63, 3.8) is 0 Å². The Morgan fingerprint density at radius 1 is 0.828 bits per heavy atom. The number of ketones is 1. The summed E-state index contributed by atoms with van der Waals surface area (Å²) in [5.74, 6) is 0.582. The van der Waals surface area contributed by atoms with E-state index < -0.39 is 5.41 Å². The highest BCUT2D eigenvalue weighted by molar-refractivity contribution is 6.25. The fourth-order valence-electron chi connectivity index (χ4n) is 4.64. The first kappa shape index (κ1) is 17.4. The van der Waals surface area contributed by atoms with Crippen LogP contribution in [-0.4, -0.2) is 25.8 Å². The van der Waals surface area contributed by atoms with Gasteiger partial charge in [-0.25, -0.2) is 0 Å². The molecule has 0 N–H and O–H groups in total. The van der Waals surface area contributed by atoms with Crippen LogP contribution >= 0.6 is 0 Å². The van der Waals surface area contributed by atoms with Gasteiger partial charge in [0.1, 0.15) is 11.2 Å². The zero-order chi connectivity index (χ0) is 20.2. The lowest BCUT2D eigenvalue weighted by Crippen LogP contribution is -2.43. The van der Waals surface area contributed by atoms with E-state index in [1.54, 1.807) is 31.2 Å². The fraction of sp³-hybridized carbons (Fsp3) is 0.120. The predicted octanol–water partition coefficient (Wildman–Crippen LogP) is 4.24. The van der Waals surface area contributed by atoms with Gasteiger partial charge in [0.2, 0.25) is 5.91 Å². The number of fused-ring (bicyclic) bond motifs is 4. The zero-order valence-electron chi connectivity index (χ0n) is 16.2. The van der Waals surface area contributed by atoms with Gasteiger partial charge in [-0.3, -0.25) is 9.59 Å². The molecule has 1 amide bonds. The van der Waals surface area contributed by atoms with Crippen LogP contribution in [0.5, 0.6) is 5.75 Å². The minimum absolute atomic E-state index is 0.0549. The summed E-state index contributed by atoms with van der Waals surface area (Å²) in [5.41, 5.74) is 3.54. The van der Waals surface area contributed by atoms with E-state index in [9.17, 15) is 9.59 Å². The molecule has 1 spiro atoms. The van der Waals surface area contributed by atoms with Crippen LogP contribution in [0, 0.1) is 0 Å². The molecule has 1 heterocycles. The number of allylic oxidation sites excluding steroid dienone is 1. The molecule has 29 heavy (non-hydrogen) atoms. The van der Waals surface area contributed by atoms with E-state index in [0.717, 1.165) is 28.1 Å². The highest BCUT2D eigenvalue weighted by Crippen LogP contribution is 2.55. The van der Waals surface area contributed by atoms with Crippen molar-refractivity contribution in [2.24, 2.45) is 0 Å². The van der Waals surface area contributed by atoms with Crippen molar-refractivity contribution in [3.05, 3.63) is 101 Å². The van der Waals surface area contributed by atoms with Crippen molar-refractivity contribution < 1.29 is 14.3 Å². The molecule has 0 aromatic heterocycles. The number of methoxy groups -OCH3 is 1. The van der Waals surface area contributed by atoms with Gasteiger partial charge in [-0.05, 0) is 41.0 Å². The summed E-state index contributed by atoms with van der Waals surface area (Å²) in [7, 11) is 3.41. The second-order valence-electron chi connectivity index (χ2n) is 7.33. The summed E-state index contributed by atoms with van der Waals surface area (Å²) >= 11 is 0. The van der Waals surface area contributed by atoms with E-state index in [2.05, 4.69) is 0 Å². The van der Waals surface area contributed by atoms with Crippen LogP contribution in [0.25, 0.3) is 5.57 Å². The molecule has 3 aromatic carbocycles. The molecule has 0 radical (unpaired) electrons. The summed E-state index contributed by atoms with van der Waals surface area (Å²) in [4.78, 5) is 28.6. The first-order valence-electron chi connectivity index (χ1n) is 9.47. The Kier molecular flexibility index (Phi) is 3.71. The van der Waals surface area contributed by atoms with Gasteiger partial charge in [0, 0.05) is 23.9 Å². The molecule has 2 aliphatic rings. The monoisotopic (exact) mass is 381 g/mol. The smallest absolute Gasteiger partial charge is 0.246 e. The molecule has 4 heteroatoms. The Morgan fingerprint density at radius 2 is 1.48 bits per heavy atom. The van der Waals surface area contributed by atoms with Crippen molar-refractivity contribution in [1.82, 2.24) is 0 Å². The van der Waals surface area contributed by atoms with Crippen molar-refractivity contribution in [3.8, 4) is 5.75 Å². The largest absolute Gasteiger partial charge is 0.497 e. The SMILES string of the molecule is COc1ccc(C2=CC(=O)c3ccccc3[C@]23C(=O)N(C)c2ccccc23)cc1. The third-order valence-electron chi connectivity index (χ3n) is 5.97. The molecule has 0 fully saturated rings. The van der Waals surface area contributed by atoms with Crippen molar-refractivity contribution in [2.45, 2.75) is 5.41 Å². The first-order chi connectivity index (χ1) is 14.1. The van der Waals surface area contributed by atoms with Crippen LogP contribution in [0.1, 0.15) is 27.0 Å². The molecule has 1 aliphatic carbocycles. The lowest BCUT2D eigenvalue weighted by atomic mass is 9.63. The van der Waals surface area contributed by atoms with Gasteiger partial charge in [-0.15, -0.1) is 0 Å². The summed E-state index contributed by atoms with van der Waals surface area (Å²) in [6.45, 7) is 0. The maximum Gasteiger partial charge on any atom is 0.246 e. The highest BCUT2D eigenvalue weighted by Gasteiger charge is 2.56. The number of anilines is 1. The third kappa shape index (κ3) is 2.20. The summed E-state index contributed by atoms with van der Waals surface area (Å²) in [6.07, 6.45) is 1.62. The number of carbonyl (C=O) groups excluding carboxylic acids is 2. The van der Waals surface area contributed by atoms with Gasteiger partial charge in [-0.1, -0.05) is 54.6 Å². The Morgan fingerprint density at radius 3 is 2.21 bits per heavy atom. The maximum absolute atomic E-state index is 13.9. The number of nitrogens with zero attached hydrogens (tertiary/aromatic N) is 1. The summed E-state index contributed by atoms with van der Waals surface area (Å²) < 4.78 is 5.28. The van der Waals surface area contributed by atoms with Crippen molar-refractivity contribution in [2.75, 3.05) is 19.1 Å². The van der Waals surface area contributed by atoms with Crippen LogP contribution in [0.4, 0.5) is 5.69 Å². The molecule has 5 rings (SSSR count). The van der Waals surface area contributed by atoms with E-state index in [0.29, 0.717) is 11.1 Å². The molecule has 0 saturated heterocycles. The Balaban J connectivity index is 1.88. The first-order valence-corrected chi connectivity index (χ1v) is 9.47. The number of ether oxygens (including phenoxy) is 1. The van der Waals surface area contributed by atoms with E-state index in [4.69, 9.17) is 4.74 Å². The molecule has 1 aliphatic heterocycles. The normalized spacial score (nSPS) is 19.8. The molecular weight excluding hydrogens is 362 g/mol. The van der Waals surface area contributed by atoms with Crippen LogP contribution in [-0.2, 0) is 10.2 Å². The van der Waals surface area contributed by atoms with Crippen LogP contribution < -0.4 is 9.64 Å². The fourth-order valence-corrected chi connectivity index (χ4v) is 4.64. The highest BCUT2D eigenvalue weighted by atomic mass is 16.5. The van der Waals surface area contributed by atoms with Crippen LogP contribution in [0.3, 0.4) is 0 Å². The van der Waals surface area contributed by atoms with Gasteiger partial charge >= 0.3 is 0 Å². The van der Waals surface area contributed by atoms with Crippen molar-refractivity contribution >= 4 is 23.0 Å². The average molecular weight is 381 g/mol. The number of hydrogen-bond acceptors (Lipinski definition) is 3. The summed E-state index contributed by atoms with van der Waals surface area (Å²) in [6, 6.07) is 22.7. The van der Waals surface area contributed by atoms with Crippen LogP contribution in [0.15, 0.2) is 78.9 Å². The number of carbonyl (C=O) groups is 2. The molecule has 4 nitrogen and oxygen atoms in total. The number of rotatable bonds is 2. The zero-order valence-corrected chi connectivity index (χ0v) is 16.2. The third-order valence-corrected chi connectivity index (χ3v) is 5.97. The van der Waals surface area contributed by atoms with Gasteiger partial charge in [0.15, 0.2) is 5.78 Å². The predicted molar refractivity (Wildman–Crippen MR) is 112 cm³/mol. The van der Waals surface area contributed by atoms with Crippen molar-refractivity contribution in [1.29, 1.82) is 0 Å². The topological polar surface area (TPSA) is 46.6 Å². The quantitative estimate of drug-likeness (QED) is 0.667. The summed E-state index contributed by atoms with van der Waals surface area (Å²) in [5, 5.41) is 0. The van der Waals surface area contributed by atoms with Gasteiger partial charge in [-0.2, -0.15) is 0 Å². The average Bonchev–Trinajstić information content (AvgIpc) is 2.99. The number of hydrogen-bond donors (Lipinski definition) is 0. The Hall–Kier alpha value is -3.66. The number of likely N-dealkylation sites (N-methyl/N-ethyl adjacent to an activating group) is 1. The van der Waals surface area contributed by atoms with Crippen LogP contribution in [0.2, 0.25) is 0 Å². The minimum atomic E-state index is -1.05. The lowest BCUT2D eigenvalue weighted by molar-refractivity contribution is -0.120. The second kappa shape index (κ2) is 6.17. The Labute approximate surface area is 169 Å². The minimum Gasteiger partial charge on any atom is -0.497 e. The van der Waals surface area contributed by atoms with Gasteiger partial charge in [0.05, 0.1) is 7.11 Å². The molecule has 1 atom stereocenters. The molecule has 0 bridgehead atoms. The van der Waals surface area contributed by atoms with Gasteiger partial charge < -0.3 is 9.64 Å². The molecule has 3 aromatic rings. The van der Waals surface area contributed by atoms with Gasteiger partial charge in [0.25, 0.3) is 0 Å². The number of amides is 1. The lowest BCUT2D eigenvalue weighted by Gasteiger charge is -2.36. The second-order valence-corrected chi connectivity index (χ2v) is 7.33. The number of benzene rings is 3. The molecule has 0 unspecified atom stereocenters. The number of para-hydroxylation sites is 1. The standard InChI is InChI=1S/C25H19NO3/c1-26-22-10-6-5-9-20(22)25(24(26)28)19-8-4-3-7-18(19)23(27)15-21(25)16-11-13-17(29-2)14-12-16/h3-15H,1-2H3/t25-/m1/s1. The van der Waals surface area contributed by atoms with E-state index in [1.165, 1.54) is 0 Å². The van der Waals surface area contributed by atoms with E-state index >= 15 is 0 Å². The van der Waals surface area contributed by atoms with E-state index in [1.807, 2.05) is 66.7 Å². The molecule has 0 saturated carbocycles. The molecular formula is C25H19NO3. The molecule has 142 valence electrons. The Bertz CT molecular complexity index is 1190.